The number of nitrogens with two attached hydrogens (primary N) is 1. The Bertz CT molecular complexity index is 947. The minimum atomic E-state index is -3.66. The molecule has 0 radical (unpaired) electrons. The molecule has 0 spiro atoms. The van der Waals surface area contributed by atoms with Crippen molar-refractivity contribution < 1.29 is 8.42 Å². The molecular weight excluding hydrogens is 376 g/mol. The normalized spacial score (nSPS) is 19.7. The van der Waals surface area contributed by atoms with Crippen LogP contribution in [0.2, 0.25) is 5.15 Å². The fraction of sp³-hybridized carbons (Fsp3) is 0.625. The summed E-state index contributed by atoms with van der Waals surface area (Å²) in [7, 11) is -2.12. The fourth-order valence-corrected chi connectivity index (χ4v) is 4.53. The maximum Gasteiger partial charge on any atom is 0.276 e. The molecule has 4 rings (SSSR count). The van der Waals surface area contributed by atoms with E-state index in [2.05, 4.69) is 10.00 Å². The standard InChI is InChI=1S/C16H23ClN6O2S/c1-10-9-13(17)23-14(10)16(19-15(20-23)11-3-4-11)22-7-5-12(6-8-22)21(2)26(18,24)25/h9,11-12H,3-8H2,1-2H3,(H2,18,24,25). The molecule has 0 atom stereocenters. The van der Waals surface area contributed by atoms with Crippen LogP contribution in [0.25, 0.3) is 5.52 Å². The maximum atomic E-state index is 11.6. The van der Waals surface area contributed by atoms with Crippen molar-refractivity contribution in [1.29, 1.82) is 0 Å². The molecule has 0 unspecified atom stereocenters. The summed E-state index contributed by atoms with van der Waals surface area (Å²) >= 11 is 6.37. The van der Waals surface area contributed by atoms with Crippen LogP contribution < -0.4 is 10.0 Å². The first-order valence-corrected chi connectivity index (χ1v) is 10.7. The topological polar surface area (TPSA) is 96.8 Å². The highest BCUT2D eigenvalue weighted by atomic mass is 35.5. The van der Waals surface area contributed by atoms with Crippen LogP contribution in [0, 0.1) is 6.92 Å². The van der Waals surface area contributed by atoms with Crippen LogP contribution in [0.1, 0.15) is 43.0 Å². The predicted molar refractivity (Wildman–Crippen MR) is 101 cm³/mol. The molecule has 2 fully saturated rings. The van der Waals surface area contributed by atoms with Crippen LogP contribution in [-0.2, 0) is 10.2 Å². The maximum absolute atomic E-state index is 11.6. The molecule has 2 N–H and O–H groups in total. The average molecular weight is 399 g/mol. The van der Waals surface area contributed by atoms with Crippen molar-refractivity contribution in [2.45, 2.75) is 44.6 Å². The van der Waals surface area contributed by atoms with E-state index < -0.39 is 10.2 Å². The van der Waals surface area contributed by atoms with E-state index in [1.54, 1.807) is 11.6 Å². The molecule has 1 aliphatic heterocycles. The van der Waals surface area contributed by atoms with Gasteiger partial charge in [-0.05, 0) is 44.2 Å². The molecule has 0 bridgehead atoms. The summed E-state index contributed by atoms with van der Waals surface area (Å²) in [6.45, 7) is 3.43. The van der Waals surface area contributed by atoms with Crippen LogP contribution in [0.3, 0.4) is 0 Å². The lowest BCUT2D eigenvalue weighted by atomic mass is 10.1. The largest absolute Gasteiger partial charge is 0.355 e. The first kappa shape index (κ1) is 18.0. The number of anilines is 1. The predicted octanol–water partition coefficient (Wildman–Crippen LogP) is 1.67. The molecule has 142 valence electrons. The van der Waals surface area contributed by atoms with Gasteiger partial charge in [0.05, 0.1) is 0 Å². The van der Waals surface area contributed by atoms with Gasteiger partial charge in [0, 0.05) is 32.1 Å². The molecule has 2 aromatic heterocycles. The van der Waals surface area contributed by atoms with Gasteiger partial charge in [0.2, 0.25) is 0 Å². The van der Waals surface area contributed by atoms with Crippen molar-refractivity contribution in [3.05, 3.63) is 22.6 Å². The van der Waals surface area contributed by atoms with Crippen LogP contribution in [-0.4, -0.2) is 53.5 Å². The Labute approximate surface area is 158 Å². The minimum absolute atomic E-state index is 0.0847. The van der Waals surface area contributed by atoms with Crippen LogP contribution in [0.4, 0.5) is 5.82 Å². The highest BCUT2D eigenvalue weighted by molar-refractivity contribution is 7.86. The zero-order valence-corrected chi connectivity index (χ0v) is 16.5. The van der Waals surface area contributed by atoms with Crippen molar-refractivity contribution >= 4 is 33.1 Å². The summed E-state index contributed by atoms with van der Waals surface area (Å²) in [6.07, 6.45) is 3.64. The van der Waals surface area contributed by atoms with Gasteiger partial charge in [0.15, 0.2) is 11.6 Å². The van der Waals surface area contributed by atoms with Gasteiger partial charge in [-0.25, -0.2) is 14.6 Å². The first-order valence-electron chi connectivity index (χ1n) is 8.82. The van der Waals surface area contributed by atoms with E-state index >= 15 is 0 Å². The average Bonchev–Trinajstić information content (AvgIpc) is 3.40. The van der Waals surface area contributed by atoms with Gasteiger partial charge in [-0.3, -0.25) is 0 Å². The Hall–Kier alpha value is -1.42. The van der Waals surface area contributed by atoms with Gasteiger partial charge in [-0.1, -0.05) is 11.6 Å². The van der Waals surface area contributed by atoms with Crippen LogP contribution in [0.5, 0.6) is 0 Å². The quantitative estimate of drug-likeness (QED) is 0.844. The molecule has 0 amide bonds. The molecule has 3 heterocycles. The SMILES string of the molecule is Cc1cc(Cl)n2nc(C3CC3)nc(N3CCC(N(C)S(N)(=O)=O)CC3)c12. The third-order valence-corrected chi connectivity index (χ3v) is 6.75. The monoisotopic (exact) mass is 398 g/mol. The Morgan fingerprint density at radius 3 is 2.50 bits per heavy atom. The first-order chi connectivity index (χ1) is 12.3. The number of hydrogen-bond acceptors (Lipinski definition) is 5. The molecule has 1 aliphatic carbocycles. The third-order valence-electron chi connectivity index (χ3n) is 5.38. The molecule has 10 heteroatoms. The lowest BCUT2D eigenvalue weighted by Crippen LogP contribution is -2.48. The Morgan fingerprint density at radius 2 is 1.92 bits per heavy atom. The van der Waals surface area contributed by atoms with E-state index in [9.17, 15) is 8.42 Å². The Balaban J connectivity index is 1.65. The third kappa shape index (κ3) is 3.17. The van der Waals surface area contributed by atoms with Gasteiger partial charge < -0.3 is 4.90 Å². The Kier molecular flexibility index (Phi) is 4.37. The second kappa shape index (κ2) is 6.33. The molecular formula is C16H23ClN6O2S. The number of piperidine rings is 1. The summed E-state index contributed by atoms with van der Waals surface area (Å²) in [5.41, 5.74) is 1.97. The smallest absolute Gasteiger partial charge is 0.276 e. The number of fused-ring (bicyclic) bond motifs is 1. The second-order valence-electron chi connectivity index (χ2n) is 7.26. The molecule has 2 aliphatic rings. The van der Waals surface area contributed by atoms with Crippen molar-refractivity contribution in [3.8, 4) is 0 Å². The molecule has 1 saturated carbocycles. The fourth-order valence-electron chi connectivity index (χ4n) is 3.62. The van der Waals surface area contributed by atoms with Gasteiger partial charge >= 0.3 is 0 Å². The minimum Gasteiger partial charge on any atom is -0.355 e. The van der Waals surface area contributed by atoms with E-state index in [4.69, 9.17) is 21.7 Å². The van der Waals surface area contributed by atoms with E-state index in [1.165, 1.54) is 4.31 Å². The van der Waals surface area contributed by atoms with E-state index in [0.29, 0.717) is 37.0 Å². The molecule has 8 nitrogen and oxygen atoms in total. The second-order valence-corrected chi connectivity index (χ2v) is 9.25. The summed E-state index contributed by atoms with van der Waals surface area (Å²) < 4.78 is 26.2. The number of halogens is 1. The summed E-state index contributed by atoms with van der Waals surface area (Å²) in [5.74, 6) is 2.15. The molecule has 1 saturated heterocycles. The van der Waals surface area contributed by atoms with E-state index in [-0.39, 0.29) is 6.04 Å². The highest BCUT2D eigenvalue weighted by Crippen LogP contribution is 2.40. The van der Waals surface area contributed by atoms with E-state index in [1.807, 2.05) is 13.0 Å². The van der Waals surface area contributed by atoms with Gasteiger partial charge in [-0.2, -0.15) is 17.8 Å². The molecule has 26 heavy (non-hydrogen) atoms. The van der Waals surface area contributed by atoms with Crippen molar-refractivity contribution in [2.24, 2.45) is 5.14 Å². The summed E-state index contributed by atoms with van der Waals surface area (Å²) in [5, 5.41) is 10.5. The van der Waals surface area contributed by atoms with Crippen molar-refractivity contribution in [3.63, 3.8) is 0 Å². The van der Waals surface area contributed by atoms with Crippen molar-refractivity contribution in [1.82, 2.24) is 18.9 Å². The van der Waals surface area contributed by atoms with Gasteiger partial charge in [0.25, 0.3) is 10.2 Å². The lowest BCUT2D eigenvalue weighted by Gasteiger charge is -2.36. The number of hydrogen-bond donors (Lipinski definition) is 1. The highest BCUT2D eigenvalue weighted by Gasteiger charge is 2.32. The lowest BCUT2D eigenvalue weighted by molar-refractivity contribution is 0.312. The molecule has 2 aromatic rings. The van der Waals surface area contributed by atoms with Crippen LogP contribution in [0.15, 0.2) is 6.07 Å². The van der Waals surface area contributed by atoms with Crippen LogP contribution >= 0.6 is 11.6 Å². The molecule has 0 aromatic carbocycles. The van der Waals surface area contributed by atoms with Gasteiger partial charge in [-0.15, -0.1) is 0 Å². The van der Waals surface area contributed by atoms with Crippen molar-refractivity contribution in [2.75, 3.05) is 25.0 Å². The number of rotatable bonds is 4. The zero-order valence-electron chi connectivity index (χ0n) is 14.9. The summed E-state index contributed by atoms with van der Waals surface area (Å²) in [6, 6.07) is 1.83. The number of aromatic nitrogens is 3. The Morgan fingerprint density at radius 1 is 1.27 bits per heavy atom. The van der Waals surface area contributed by atoms with E-state index in [0.717, 1.165) is 35.6 Å². The zero-order chi connectivity index (χ0) is 18.6. The summed E-state index contributed by atoms with van der Waals surface area (Å²) in [4.78, 5) is 7.07. The number of nitrogens with zero attached hydrogens (tertiary/aromatic N) is 5. The van der Waals surface area contributed by atoms with Gasteiger partial charge in [0.1, 0.15) is 10.7 Å². The number of aryl methyl sites for hydroxylation is 1.